The largest absolute Gasteiger partial charge is 0.469 e. The van der Waals surface area contributed by atoms with E-state index in [4.69, 9.17) is 14.1 Å². The second-order valence-corrected chi connectivity index (χ2v) is 8.03. The van der Waals surface area contributed by atoms with Crippen LogP contribution in [0.5, 0.6) is 0 Å². The van der Waals surface area contributed by atoms with Crippen molar-refractivity contribution in [2.24, 2.45) is 22.2 Å². The molecule has 1 aliphatic heterocycles. The Balaban J connectivity index is 0.00000225. The molecule has 0 amide bonds. The van der Waals surface area contributed by atoms with Gasteiger partial charge in [-0.3, -0.25) is 4.99 Å². The summed E-state index contributed by atoms with van der Waals surface area (Å²) in [6.07, 6.45) is 4.12. The molecule has 1 aromatic rings. The number of hydrogen-bond donors (Lipinski definition) is 2. The van der Waals surface area contributed by atoms with E-state index in [1.54, 1.807) is 6.26 Å². The predicted octanol–water partition coefficient (Wildman–Crippen LogP) is 3.44. The van der Waals surface area contributed by atoms with Gasteiger partial charge in [-0.05, 0) is 24.5 Å². The van der Waals surface area contributed by atoms with Gasteiger partial charge in [0.2, 0.25) is 0 Å². The van der Waals surface area contributed by atoms with Gasteiger partial charge in [0.1, 0.15) is 5.76 Å². The maximum atomic E-state index is 5.89. The Bertz CT molecular complexity index is 557. The van der Waals surface area contributed by atoms with Gasteiger partial charge in [0.05, 0.1) is 12.4 Å². The van der Waals surface area contributed by atoms with Crippen LogP contribution in [0.4, 0.5) is 0 Å². The highest BCUT2D eigenvalue weighted by atomic mass is 127. The molecule has 142 valence electrons. The minimum Gasteiger partial charge on any atom is -0.469 e. The van der Waals surface area contributed by atoms with E-state index in [0.717, 1.165) is 44.3 Å². The Morgan fingerprint density at radius 3 is 2.88 bits per heavy atom. The smallest absolute Gasteiger partial charge is 0.191 e. The fraction of sp³-hybridized carbons (Fsp3) is 0.737. The lowest BCUT2D eigenvalue weighted by Crippen LogP contribution is -2.68. The summed E-state index contributed by atoms with van der Waals surface area (Å²) in [6.45, 7) is 11.5. The summed E-state index contributed by atoms with van der Waals surface area (Å²) in [7, 11) is 0. The number of hydrogen-bond acceptors (Lipinski definition) is 3. The van der Waals surface area contributed by atoms with E-state index in [9.17, 15) is 0 Å². The maximum Gasteiger partial charge on any atom is 0.191 e. The van der Waals surface area contributed by atoms with E-state index < -0.39 is 0 Å². The van der Waals surface area contributed by atoms with Crippen LogP contribution in [0.15, 0.2) is 27.8 Å². The number of rotatable bonds is 6. The molecule has 2 heterocycles. The second-order valence-electron chi connectivity index (χ2n) is 8.03. The van der Waals surface area contributed by atoms with Crippen molar-refractivity contribution in [1.29, 1.82) is 0 Å². The Labute approximate surface area is 168 Å². The lowest BCUT2D eigenvalue weighted by molar-refractivity contribution is -0.106. The van der Waals surface area contributed by atoms with Gasteiger partial charge in [0.15, 0.2) is 5.96 Å². The van der Waals surface area contributed by atoms with Crippen molar-refractivity contribution in [3.63, 3.8) is 0 Å². The molecule has 1 aliphatic carbocycles. The number of nitrogens with one attached hydrogen (secondary N) is 2. The van der Waals surface area contributed by atoms with Gasteiger partial charge >= 0.3 is 0 Å². The highest BCUT2D eigenvalue weighted by Crippen LogP contribution is 2.52. The molecule has 0 bridgehead atoms. The molecular weight excluding hydrogens is 429 g/mol. The van der Waals surface area contributed by atoms with Crippen LogP contribution in [0.25, 0.3) is 0 Å². The van der Waals surface area contributed by atoms with Gasteiger partial charge in [-0.1, -0.05) is 27.7 Å². The van der Waals surface area contributed by atoms with Gasteiger partial charge in [0, 0.05) is 43.5 Å². The molecule has 3 rings (SSSR count). The monoisotopic (exact) mass is 461 g/mol. The summed E-state index contributed by atoms with van der Waals surface area (Å²) < 4.78 is 11.3. The molecule has 0 radical (unpaired) electrons. The van der Waals surface area contributed by atoms with Crippen LogP contribution < -0.4 is 10.6 Å². The van der Waals surface area contributed by atoms with Crippen LogP contribution in [-0.2, 0) is 11.2 Å². The molecular formula is C19H32IN3O2. The van der Waals surface area contributed by atoms with Crippen molar-refractivity contribution < 1.29 is 9.15 Å². The number of fused-ring (bicyclic) bond motifs is 1. The maximum absolute atomic E-state index is 5.89. The third-order valence-corrected chi connectivity index (χ3v) is 5.25. The van der Waals surface area contributed by atoms with Gasteiger partial charge in [-0.25, -0.2) is 0 Å². The lowest BCUT2D eigenvalue weighted by atomic mass is 9.57. The molecule has 1 aromatic heterocycles. The van der Waals surface area contributed by atoms with Crippen LogP contribution >= 0.6 is 24.0 Å². The van der Waals surface area contributed by atoms with Crippen LogP contribution in [0.2, 0.25) is 0 Å². The molecule has 0 spiro atoms. The number of nitrogens with zero attached hydrogens (tertiary/aromatic N) is 1. The molecule has 25 heavy (non-hydrogen) atoms. The number of ether oxygens (including phenoxy) is 1. The summed E-state index contributed by atoms with van der Waals surface area (Å²) in [6, 6.07) is 4.36. The van der Waals surface area contributed by atoms with Crippen LogP contribution in [-0.4, -0.2) is 37.8 Å². The van der Waals surface area contributed by atoms with Gasteiger partial charge < -0.3 is 19.8 Å². The van der Waals surface area contributed by atoms with Crippen LogP contribution in [0.3, 0.4) is 0 Å². The second kappa shape index (κ2) is 8.75. The average molecular weight is 461 g/mol. The van der Waals surface area contributed by atoms with Crippen LogP contribution in [0, 0.1) is 17.3 Å². The summed E-state index contributed by atoms with van der Waals surface area (Å²) in [5, 5.41) is 7.15. The zero-order valence-electron chi connectivity index (χ0n) is 15.7. The first-order chi connectivity index (χ1) is 11.5. The number of aliphatic imine (C=N–C) groups is 1. The molecule has 3 atom stereocenters. The van der Waals surface area contributed by atoms with Crippen molar-refractivity contribution in [3.05, 3.63) is 24.2 Å². The molecule has 2 aliphatic rings. The van der Waals surface area contributed by atoms with Crippen molar-refractivity contribution in [2.75, 3.05) is 19.7 Å². The third-order valence-electron chi connectivity index (χ3n) is 5.25. The van der Waals surface area contributed by atoms with E-state index in [2.05, 4.69) is 38.3 Å². The molecule has 2 N–H and O–H groups in total. The normalized spacial score (nSPS) is 27.4. The molecule has 2 fully saturated rings. The van der Waals surface area contributed by atoms with E-state index in [1.165, 1.54) is 0 Å². The molecule has 5 nitrogen and oxygen atoms in total. The van der Waals surface area contributed by atoms with Crippen molar-refractivity contribution >= 4 is 29.9 Å². The fourth-order valence-corrected chi connectivity index (χ4v) is 3.95. The molecule has 3 unspecified atom stereocenters. The van der Waals surface area contributed by atoms with E-state index in [-0.39, 0.29) is 29.4 Å². The van der Waals surface area contributed by atoms with Crippen molar-refractivity contribution in [1.82, 2.24) is 10.6 Å². The number of furan rings is 1. The zero-order valence-corrected chi connectivity index (χ0v) is 18.1. The molecule has 0 aromatic carbocycles. The fourth-order valence-electron chi connectivity index (χ4n) is 3.95. The zero-order chi connectivity index (χ0) is 17.2. The van der Waals surface area contributed by atoms with Crippen molar-refractivity contribution in [2.45, 2.75) is 52.7 Å². The first-order valence-corrected chi connectivity index (χ1v) is 9.17. The van der Waals surface area contributed by atoms with E-state index >= 15 is 0 Å². The first kappa shape index (κ1) is 20.6. The Morgan fingerprint density at radius 1 is 1.40 bits per heavy atom. The summed E-state index contributed by atoms with van der Waals surface area (Å²) in [5.41, 5.74) is 0.155. The Hall–Kier alpha value is -0.760. The quantitative estimate of drug-likeness (QED) is 0.387. The standard InChI is InChI=1S/C19H31N3O2.HI/c1-13(2)12-21-18(20-9-7-14-6-5-10-23-14)22-16-15-8-11-24-17(15)19(16,3)4;/h5-6,10,13,15-17H,7-9,11-12H2,1-4H3,(H2,20,21,22);1H. The van der Waals surface area contributed by atoms with Gasteiger partial charge in [-0.15, -0.1) is 24.0 Å². The topological polar surface area (TPSA) is 58.8 Å². The summed E-state index contributed by atoms with van der Waals surface area (Å²) in [4.78, 5) is 4.77. The van der Waals surface area contributed by atoms with E-state index in [1.807, 2.05) is 12.1 Å². The van der Waals surface area contributed by atoms with Crippen LogP contribution in [0.1, 0.15) is 39.9 Å². The molecule has 1 saturated carbocycles. The summed E-state index contributed by atoms with van der Waals surface area (Å²) in [5.74, 6) is 3.07. The first-order valence-electron chi connectivity index (χ1n) is 9.17. The van der Waals surface area contributed by atoms with Gasteiger partial charge in [-0.2, -0.15) is 0 Å². The SMILES string of the molecule is CC(C)CN=C(NCCc1ccco1)NC1C2CCOC2C1(C)C.I. The Kier molecular flexibility index (Phi) is 7.19. The Morgan fingerprint density at radius 2 is 2.20 bits per heavy atom. The minimum atomic E-state index is 0. The summed E-state index contributed by atoms with van der Waals surface area (Å²) >= 11 is 0. The average Bonchev–Trinajstić information content (AvgIpc) is 3.19. The highest BCUT2D eigenvalue weighted by molar-refractivity contribution is 14.0. The predicted molar refractivity (Wildman–Crippen MR) is 112 cm³/mol. The van der Waals surface area contributed by atoms with E-state index in [0.29, 0.717) is 24.0 Å². The number of guanidine groups is 1. The lowest BCUT2D eigenvalue weighted by Gasteiger charge is -2.55. The minimum absolute atomic E-state index is 0. The highest BCUT2D eigenvalue weighted by Gasteiger charge is 2.59. The van der Waals surface area contributed by atoms with Crippen molar-refractivity contribution in [3.8, 4) is 0 Å². The third kappa shape index (κ3) is 4.70. The number of halogens is 1. The molecule has 6 heteroatoms. The van der Waals surface area contributed by atoms with Gasteiger partial charge in [0.25, 0.3) is 0 Å². The molecule has 1 saturated heterocycles.